The van der Waals surface area contributed by atoms with Gasteiger partial charge in [0.05, 0.1) is 12.5 Å². The summed E-state index contributed by atoms with van der Waals surface area (Å²) >= 11 is 0. The molecule has 1 amide bonds. The molecule has 8 nitrogen and oxygen atoms in total. The number of amides is 1. The van der Waals surface area contributed by atoms with E-state index < -0.39 is 28.2 Å². The first-order valence-corrected chi connectivity index (χ1v) is 6.89. The molecule has 9 heteroatoms. The molecule has 0 aliphatic carbocycles. The minimum absolute atomic E-state index is 0.0695. The van der Waals surface area contributed by atoms with Crippen molar-refractivity contribution in [2.24, 2.45) is 11.8 Å². The van der Waals surface area contributed by atoms with Crippen molar-refractivity contribution in [3.63, 3.8) is 0 Å². The van der Waals surface area contributed by atoms with Crippen LogP contribution >= 0.6 is 0 Å². The number of carbonyl (C=O) groups is 2. The van der Waals surface area contributed by atoms with E-state index in [1.54, 1.807) is 11.6 Å². The van der Waals surface area contributed by atoms with Gasteiger partial charge in [0.25, 0.3) is 0 Å². The molecule has 0 aromatic heterocycles. The molecule has 1 unspecified atom stereocenters. The predicted octanol–water partition coefficient (Wildman–Crippen LogP) is -0.370. The standard InChI is InChI=1S/C9H16N2O6S/c1-3-17-9(14)10-18(15,16)11-4-7(5-11)6(2)8(12)13/h6-7H,3-5H2,1-2H3,(H,10,14)(H,12,13). The molecule has 2 N–H and O–H groups in total. The molecule has 0 radical (unpaired) electrons. The molecule has 1 aliphatic heterocycles. The molecule has 104 valence electrons. The second-order valence-corrected chi connectivity index (χ2v) is 5.70. The van der Waals surface area contributed by atoms with E-state index in [1.807, 2.05) is 0 Å². The van der Waals surface area contributed by atoms with Gasteiger partial charge >= 0.3 is 22.3 Å². The van der Waals surface area contributed by atoms with E-state index >= 15 is 0 Å². The van der Waals surface area contributed by atoms with Crippen molar-refractivity contribution in [2.45, 2.75) is 13.8 Å². The van der Waals surface area contributed by atoms with Crippen LogP contribution in [0, 0.1) is 11.8 Å². The maximum Gasteiger partial charge on any atom is 0.421 e. The number of aliphatic carboxylic acids is 1. The number of nitrogens with zero attached hydrogens (tertiary/aromatic N) is 1. The van der Waals surface area contributed by atoms with E-state index in [4.69, 9.17) is 5.11 Å². The van der Waals surface area contributed by atoms with Crippen LogP contribution in [-0.2, 0) is 19.7 Å². The minimum atomic E-state index is -3.92. The highest BCUT2D eigenvalue weighted by Gasteiger charge is 2.41. The van der Waals surface area contributed by atoms with Gasteiger partial charge in [-0.1, -0.05) is 6.92 Å². The van der Waals surface area contributed by atoms with Crippen LogP contribution < -0.4 is 4.72 Å². The summed E-state index contributed by atoms with van der Waals surface area (Å²) in [4.78, 5) is 21.7. The fraction of sp³-hybridized carbons (Fsp3) is 0.778. The summed E-state index contributed by atoms with van der Waals surface area (Å²) in [6, 6.07) is 0. The lowest BCUT2D eigenvalue weighted by molar-refractivity contribution is -0.144. The normalized spacial score (nSPS) is 18.8. The number of carboxylic acids is 1. The highest BCUT2D eigenvalue weighted by atomic mass is 32.2. The lowest BCUT2D eigenvalue weighted by Crippen LogP contribution is -2.57. The van der Waals surface area contributed by atoms with Crippen LogP contribution in [-0.4, -0.2) is 49.6 Å². The maximum absolute atomic E-state index is 11.6. The number of hydrogen-bond donors (Lipinski definition) is 2. The van der Waals surface area contributed by atoms with Crippen molar-refractivity contribution < 1.29 is 27.9 Å². The predicted molar refractivity (Wildman–Crippen MR) is 60.9 cm³/mol. The van der Waals surface area contributed by atoms with Gasteiger partial charge in [0.15, 0.2) is 0 Å². The van der Waals surface area contributed by atoms with Gasteiger partial charge in [-0.15, -0.1) is 0 Å². The fourth-order valence-corrected chi connectivity index (χ4v) is 2.69. The summed E-state index contributed by atoms with van der Waals surface area (Å²) < 4.78 is 30.4. The summed E-state index contributed by atoms with van der Waals surface area (Å²) in [5.41, 5.74) is 0. The molecule has 0 saturated carbocycles. The summed E-state index contributed by atoms with van der Waals surface area (Å²) in [6.07, 6.45) is -1.03. The Morgan fingerprint density at radius 1 is 1.50 bits per heavy atom. The van der Waals surface area contributed by atoms with Crippen molar-refractivity contribution in [1.29, 1.82) is 0 Å². The highest BCUT2D eigenvalue weighted by molar-refractivity contribution is 7.87. The SMILES string of the molecule is CCOC(=O)NS(=O)(=O)N1CC(C(C)C(=O)O)C1. The van der Waals surface area contributed by atoms with Crippen LogP contribution in [0.2, 0.25) is 0 Å². The number of nitrogens with one attached hydrogen (secondary N) is 1. The third-order valence-corrected chi connectivity index (χ3v) is 4.20. The van der Waals surface area contributed by atoms with E-state index in [2.05, 4.69) is 4.74 Å². The Balaban J connectivity index is 2.49. The molecule has 1 rings (SSSR count). The fourth-order valence-electron chi connectivity index (χ4n) is 1.51. The molecule has 1 heterocycles. The van der Waals surface area contributed by atoms with Crippen LogP contribution in [0.15, 0.2) is 0 Å². The number of hydrogen-bond acceptors (Lipinski definition) is 5. The summed E-state index contributed by atoms with van der Waals surface area (Å²) in [5, 5.41) is 8.76. The summed E-state index contributed by atoms with van der Waals surface area (Å²) in [5.74, 6) is -1.81. The van der Waals surface area contributed by atoms with Crippen molar-refractivity contribution in [2.75, 3.05) is 19.7 Å². The monoisotopic (exact) mass is 280 g/mol. The largest absolute Gasteiger partial charge is 0.481 e. The molecule has 1 fully saturated rings. The lowest BCUT2D eigenvalue weighted by Gasteiger charge is -2.39. The van der Waals surface area contributed by atoms with Crippen LogP contribution in [0.1, 0.15) is 13.8 Å². The first-order chi connectivity index (χ1) is 8.27. The molecular formula is C9H16N2O6S. The Hall–Kier alpha value is -1.35. The molecular weight excluding hydrogens is 264 g/mol. The lowest BCUT2D eigenvalue weighted by atomic mass is 9.89. The third-order valence-electron chi connectivity index (χ3n) is 2.80. The van der Waals surface area contributed by atoms with Crippen molar-refractivity contribution in [1.82, 2.24) is 9.03 Å². The molecule has 0 spiro atoms. The third kappa shape index (κ3) is 3.33. The first-order valence-electron chi connectivity index (χ1n) is 5.45. The Morgan fingerprint density at radius 3 is 2.50 bits per heavy atom. The first kappa shape index (κ1) is 14.7. The van der Waals surface area contributed by atoms with Gasteiger partial charge in [-0.25, -0.2) is 9.52 Å². The van der Waals surface area contributed by atoms with E-state index in [-0.39, 0.29) is 25.6 Å². The Kier molecular flexibility index (Phi) is 4.52. The Labute approximate surface area is 105 Å². The zero-order valence-electron chi connectivity index (χ0n) is 10.1. The average Bonchev–Trinajstić information content (AvgIpc) is 2.13. The van der Waals surface area contributed by atoms with Gasteiger partial charge in [0, 0.05) is 13.1 Å². The molecule has 1 atom stereocenters. The van der Waals surface area contributed by atoms with Gasteiger partial charge in [0.2, 0.25) is 0 Å². The van der Waals surface area contributed by atoms with Crippen molar-refractivity contribution >= 4 is 22.3 Å². The van der Waals surface area contributed by atoms with Crippen LogP contribution in [0.3, 0.4) is 0 Å². The molecule has 0 aromatic carbocycles. The topological polar surface area (TPSA) is 113 Å². The van der Waals surface area contributed by atoms with Crippen molar-refractivity contribution in [3.05, 3.63) is 0 Å². The average molecular weight is 280 g/mol. The zero-order valence-corrected chi connectivity index (χ0v) is 10.9. The molecule has 1 aliphatic rings. The van der Waals surface area contributed by atoms with Crippen LogP contribution in [0.4, 0.5) is 4.79 Å². The smallest absolute Gasteiger partial charge is 0.421 e. The second kappa shape index (κ2) is 5.53. The van der Waals surface area contributed by atoms with Crippen LogP contribution in [0.5, 0.6) is 0 Å². The maximum atomic E-state index is 11.6. The van der Waals surface area contributed by atoms with Gasteiger partial charge in [-0.05, 0) is 12.8 Å². The van der Waals surface area contributed by atoms with E-state index in [0.717, 1.165) is 4.31 Å². The summed E-state index contributed by atoms with van der Waals surface area (Å²) in [7, 11) is -3.92. The summed E-state index contributed by atoms with van der Waals surface area (Å²) in [6.45, 7) is 3.32. The second-order valence-electron chi connectivity index (χ2n) is 4.03. The Morgan fingerprint density at radius 2 is 2.06 bits per heavy atom. The Bertz CT molecular complexity index is 428. The van der Waals surface area contributed by atoms with E-state index in [1.165, 1.54) is 6.92 Å². The van der Waals surface area contributed by atoms with E-state index in [9.17, 15) is 18.0 Å². The number of ether oxygens (including phenoxy) is 1. The van der Waals surface area contributed by atoms with Gasteiger partial charge < -0.3 is 9.84 Å². The van der Waals surface area contributed by atoms with Gasteiger partial charge in [-0.3, -0.25) is 4.79 Å². The zero-order chi connectivity index (χ0) is 13.9. The van der Waals surface area contributed by atoms with E-state index in [0.29, 0.717) is 0 Å². The number of carbonyl (C=O) groups excluding carboxylic acids is 1. The molecule has 0 aromatic rings. The minimum Gasteiger partial charge on any atom is -0.481 e. The van der Waals surface area contributed by atoms with Crippen LogP contribution in [0.25, 0.3) is 0 Å². The number of carboxylic acid groups (broad SMARTS) is 1. The van der Waals surface area contributed by atoms with Crippen molar-refractivity contribution in [3.8, 4) is 0 Å². The quantitative estimate of drug-likeness (QED) is 0.710. The highest BCUT2D eigenvalue weighted by Crippen LogP contribution is 2.25. The molecule has 18 heavy (non-hydrogen) atoms. The number of rotatable bonds is 5. The van der Waals surface area contributed by atoms with Gasteiger partial charge in [0.1, 0.15) is 0 Å². The van der Waals surface area contributed by atoms with Gasteiger partial charge in [-0.2, -0.15) is 12.7 Å². The molecule has 1 saturated heterocycles. The molecule has 0 bridgehead atoms.